The number of carbonyl (C=O) groups excluding carboxylic acids is 1. The highest BCUT2D eigenvalue weighted by molar-refractivity contribution is 5.91. The lowest BCUT2D eigenvalue weighted by molar-refractivity contribution is 0.0945. The Morgan fingerprint density at radius 1 is 1.22 bits per heavy atom. The highest BCUT2D eigenvalue weighted by Crippen LogP contribution is 2.11. The van der Waals surface area contributed by atoms with Gasteiger partial charge in [-0.15, -0.1) is 0 Å². The summed E-state index contributed by atoms with van der Waals surface area (Å²) in [5.74, 6) is -0.281. The van der Waals surface area contributed by atoms with Crippen molar-refractivity contribution in [3.8, 4) is 0 Å². The Morgan fingerprint density at radius 2 is 2.04 bits per heavy atom. The molecule has 0 saturated carbocycles. The molecule has 0 aliphatic rings. The summed E-state index contributed by atoms with van der Waals surface area (Å²) in [6, 6.07) is 10.7. The van der Waals surface area contributed by atoms with Gasteiger partial charge in [0, 0.05) is 26.2 Å². The number of fused-ring (bicyclic) bond motifs is 1. The van der Waals surface area contributed by atoms with Crippen LogP contribution in [-0.4, -0.2) is 31.8 Å². The van der Waals surface area contributed by atoms with Gasteiger partial charge >= 0.3 is 0 Å². The summed E-state index contributed by atoms with van der Waals surface area (Å²) in [6.07, 6.45) is 2.58. The quantitative estimate of drug-likeness (QED) is 0.711. The van der Waals surface area contributed by atoms with Crippen LogP contribution in [0.2, 0.25) is 0 Å². The lowest BCUT2D eigenvalue weighted by Crippen LogP contribution is -2.29. The zero-order valence-corrected chi connectivity index (χ0v) is 12.8. The van der Waals surface area contributed by atoms with E-state index in [1.54, 1.807) is 6.33 Å². The van der Waals surface area contributed by atoms with Crippen LogP contribution < -0.4 is 10.9 Å². The van der Waals surface area contributed by atoms with Gasteiger partial charge in [-0.3, -0.25) is 9.59 Å². The molecular weight excluding hydrogens is 294 g/mol. The van der Waals surface area contributed by atoms with Crippen molar-refractivity contribution in [2.24, 2.45) is 7.05 Å². The molecule has 0 unspecified atom stereocenters. The molecule has 0 fully saturated rings. The molecule has 23 heavy (non-hydrogen) atoms. The van der Waals surface area contributed by atoms with E-state index in [0.717, 1.165) is 28.7 Å². The molecule has 0 bridgehead atoms. The van der Waals surface area contributed by atoms with Crippen molar-refractivity contribution in [3.63, 3.8) is 0 Å². The first-order valence-electron chi connectivity index (χ1n) is 7.37. The number of amides is 1. The monoisotopic (exact) mass is 311 g/mol. The number of benzene rings is 1. The van der Waals surface area contributed by atoms with Gasteiger partial charge in [-0.25, -0.2) is 9.67 Å². The highest BCUT2D eigenvalue weighted by atomic mass is 16.2. The second-order valence-corrected chi connectivity index (χ2v) is 5.22. The molecule has 3 aromatic rings. The van der Waals surface area contributed by atoms with Crippen molar-refractivity contribution in [2.75, 3.05) is 6.54 Å². The average molecular weight is 311 g/mol. The zero-order chi connectivity index (χ0) is 16.2. The van der Waals surface area contributed by atoms with Gasteiger partial charge in [-0.2, -0.15) is 5.10 Å². The Hall–Kier alpha value is -2.96. The van der Waals surface area contributed by atoms with Crippen LogP contribution in [0.5, 0.6) is 0 Å². The van der Waals surface area contributed by atoms with Gasteiger partial charge in [0.25, 0.3) is 11.5 Å². The number of aryl methyl sites for hydroxylation is 2. The average Bonchev–Trinajstić information content (AvgIpc) is 2.97. The van der Waals surface area contributed by atoms with Gasteiger partial charge in [0.1, 0.15) is 5.69 Å². The highest BCUT2D eigenvalue weighted by Gasteiger charge is 2.08. The van der Waals surface area contributed by atoms with Gasteiger partial charge in [0.2, 0.25) is 0 Å². The Kier molecular flexibility index (Phi) is 4.18. The van der Waals surface area contributed by atoms with Crippen LogP contribution in [-0.2, 0) is 13.6 Å². The zero-order valence-electron chi connectivity index (χ0n) is 12.8. The number of hydrogen-bond acceptors (Lipinski definition) is 4. The van der Waals surface area contributed by atoms with Crippen molar-refractivity contribution in [1.82, 2.24) is 24.6 Å². The maximum absolute atomic E-state index is 12.0. The van der Waals surface area contributed by atoms with Crippen LogP contribution in [0, 0.1) is 0 Å². The minimum atomic E-state index is -0.281. The lowest BCUT2D eigenvalue weighted by Gasteiger charge is -2.07. The number of nitrogens with zero attached hydrogens (tertiary/aromatic N) is 4. The number of rotatable bonds is 5. The Morgan fingerprint density at radius 3 is 2.87 bits per heavy atom. The molecule has 2 aromatic heterocycles. The number of nitrogens with one attached hydrogen (secondary N) is 1. The predicted octanol–water partition coefficient (Wildman–Crippen LogP) is 0.950. The number of hydrogen-bond donors (Lipinski definition) is 1. The third-order valence-corrected chi connectivity index (χ3v) is 3.58. The molecule has 2 heterocycles. The first-order valence-corrected chi connectivity index (χ1v) is 7.37. The molecule has 7 nitrogen and oxygen atoms in total. The molecule has 1 aromatic carbocycles. The van der Waals surface area contributed by atoms with E-state index in [-0.39, 0.29) is 17.2 Å². The van der Waals surface area contributed by atoms with Crippen LogP contribution in [0.4, 0.5) is 0 Å². The van der Waals surface area contributed by atoms with Crippen molar-refractivity contribution in [1.29, 1.82) is 0 Å². The fraction of sp³-hybridized carbons (Fsp3) is 0.250. The van der Waals surface area contributed by atoms with Crippen molar-refractivity contribution in [2.45, 2.75) is 13.0 Å². The Balaban J connectivity index is 1.54. The third-order valence-electron chi connectivity index (χ3n) is 3.58. The van der Waals surface area contributed by atoms with E-state index in [4.69, 9.17) is 0 Å². The molecule has 7 heteroatoms. The number of aromatic nitrogens is 4. The maximum atomic E-state index is 12.0. The molecule has 0 atom stereocenters. The van der Waals surface area contributed by atoms with E-state index in [1.807, 2.05) is 24.3 Å². The molecule has 0 spiro atoms. The standard InChI is InChI=1S/C16H17N5O2/c1-20-15(22)8-7-13(19-20)16(23)17-9-4-10-21-11-18-12-5-2-3-6-14(12)21/h2-3,5-8,11H,4,9-10H2,1H3,(H,17,23). The maximum Gasteiger partial charge on any atom is 0.271 e. The largest absolute Gasteiger partial charge is 0.351 e. The first kappa shape index (κ1) is 15.0. The first-order chi connectivity index (χ1) is 11.1. The fourth-order valence-corrected chi connectivity index (χ4v) is 2.35. The molecular formula is C16H17N5O2. The minimum Gasteiger partial charge on any atom is -0.351 e. The van der Waals surface area contributed by atoms with E-state index >= 15 is 0 Å². The Labute approximate surface area is 132 Å². The topological polar surface area (TPSA) is 81.8 Å². The summed E-state index contributed by atoms with van der Waals surface area (Å²) in [6.45, 7) is 1.29. The summed E-state index contributed by atoms with van der Waals surface area (Å²) in [7, 11) is 1.52. The van der Waals surface area contributed by atoms with Gasteiger partial charge in [-0.05, 0) is 24.6 Å². The lowest BCUT2D eigenvalue weighted by atomic mass is 10.3. The van der Waals surface area contributed by atoms with Gasteiger partial charge in [0.05, 0.1) is 17.4 Å². The van der Waals surface area contributed by atoms with Crippen LogP contribution in [0.25, 0.3) is 11.0 Å². The Bertz CT molecular complexity index is 897. The van der Waals surface area contributed by atoms with Crippen molar-refractivity contribution >= 4 is 16.9 Å². The summed E-state index contributed by atoms with van der Waals surface area (Å²) in [5, 5.41) is 6.72. The summed E-state index contributed by atoms with van der Waals surface area (Å²) in [5.41, 5.74) is 2.04. The molecule has 0 aliphatic carbocycles. The molecule has 118 valence electrons. The summed E-state index contributed by atoms with van der Waals surface area (Å²) in [4.78, 5) is 27.6. The normalized spacial score (nSPS) is 10.8. The minimum absolute atomic E-state index is 0.236. The molecule has 1 amide bonds. The third kappa shape index (κ3) is 3.28. The summed E-state index contributed by atoms with van der Waals surface area (Å²) < 4.78 is 3.21. The van der Waals surface area contributed by atoms with E-state index in [1.165, 1.54) is 19.2 Å². The SMILES string of the molecule is Cn1nc(C(=O)NCCCn2cnc3ccccc32)ccc1=O. The van der Waals surface area contributed by atoms with Crippen molar-refractivity contribution < 1.29 is 4.79 Å². The van der Waals surface area contributed by atoms with E-state index in [0.29, 0.717) is 6.54 Å². The number of para-hydroxylation sites is 2. The van der Waals surface area contributed by atoms with Crippen LogP contribution >= 0.6 is 0 Å². The molecule has 0 radical (unpaired) electrons. The van der Waals surface area contributed by atoms with Gasteiger partial charge < -0.3 is 9.88 Å². The predicted molar refractivity (Wildman–Crippen MR) is 86.2 cm³/mol. The van der Waals surface area contributed by atoms with E-state index in [2.05, 4.69) is 20.0 Å². The summed E-state index contributed by atoms with van der Waals surface area (Å²) >= 11 is 0. The van der Waals surface area contributed by atoms with Crippen LogP contribution in [0.1, 0.15) is 16.9 Å². The van der Waals surface area contributed by atoms with Crippen molar-refractivity contribution in [3.05, 3.63) is 58.8 Å². The molecule has 0 aliphatic heterocycles. The smallest absolute Gasteiger partial charge is 0.271 e. The van der Waals surface area contributed by atoms with Crippen LogP contribution in [0.15, 0.2) is 47.5 Å². The van der Waals surface area contributed by atoms with Gasteiger partial charge in [-0.1, -0.05) is 12.1 Å². The second-order valence-electron chi connectivity index (χ2n) is 5.22. The molecule has 1 N–H and O–H groups in total. The molecule has 3 rings (SSSR count). The van der Waals surface area contributed by atoms with E-state index < -0.39 is 0 Å². The van der Waals surface area contributed by atoms with Gasteiger partial charge in [0.15, 0.2) is 0 Å². The number of imidazole rings is 1. The fourth-order valence-electron chi connectivity index (χ4n) is 2.35. The second kappa shape index (κ2) is 6.43. The molecule has 0 saturated heterocycles. The number of carbonyl (C=O) groups is 1. The van der Waals surface area contributed by atoms with E-state index in [9.17, 15) is 9.59 Å². The van der Waals surface area contributed by atoms with Crippen LogP contribution in [0.3, 0.4) is 0 Å².